The predicted octanol–water partition coefficient (Wildman–Crippen LogP) is 2.00. The molecule has 6 nitrogen and oxygen atoms in total. The van der Waals surface area contributed by atoms with E-state index in [1.807, 2.05) is 13.1 Å². The summed E-state index contributed by atoms with van der Waals surface area (Å²) in [6.07, 6.45) is 4.70. The Morgan fingerprint density at radius 1 is 0.958 bits per heavy atom. The summed E-state index contributed by atoms with van der Waals surface area (Å²) >= 11 is 0. The molecule has 2 aliphatic rings. The molecule has 2 fully saturated rings. The van der Waals surface area contributed by atoms with Crippen LogP contribution in [0.2, 0.25) is 0 Å². The number of aliphatic imine (C=N–C) groups is 1. The molecule has 1 saturated carbocycles. The van der Waals surface area contributed by atoms with E-state index in [1.165, 1.54) is 12.8 Å². The van der Waals surface area contributed by atoms with Crippen molar-refractivity contribution in [2.75, 3.05) is 39.3 Å². The molecule has 1 aromatic carbocycles. The van der Waals surface area contributed by atoms with Crippen molar-refractivity contribution >= 4 is 11.6 Å². The predicted molar refractivity (Wildman–Crippen MR) is 97.4 cm³/mol. The van der Waals surface area contributed by atoms with Gasteiger partial charge >= 0.3 is 0 Å². The second-order valence-corrected chi connectivity index (χ2v) is 6.47. The van der Waals surface area contributed by atoms with Crippen molar-refractivity contribution in [3.63, 3.8) is 0 Å². The molecule has 1 saturated heterocycles. The Bertz CT molecular complexity index is 556. The van der Waals surface area contributed by atoms with Crippen molar-refractivity contribution in [1.29, 1.82) is 0 Å². The fraction of sp³-hybridized carbons (Fsp3) is 0.611. The van der Waals surface area contributed by atoms with Crippen LogP contribution in [0.4, 0.5) is 5.69 Å². The number of rotatable bonds is 5. The molecule has 3 rings (SSSR count). The molecule has 1 heterocycles. The number of nitrogens with one attached hydrogen (secondary N) is 2. The lowest BCUT2D eigenvalue weighted by molar-refractivity contribution is 0.393. The Morgan fingerprint density at radius 2 is 1.50 bits per heavy atom. The van der Waals surface area contributed by atoms with Crippen LogP contribution in [0.1, 0.15) is 25.7 Å². The fourth-order valence-corrected chi connectivity index (χ4v) is 3.04. The Hall–Kier alpha value is -2.11. The average Bonchev–Trinajstić information content (AvgIpc) is 3.45. The van der Waals surface area contributed by atoms with Gasteiger partial charge in [-0.25, -0.2) is 0 Å². The maximum absolute atomic E-state index is 5.38. The maximum Gasteiger partial charge on any atom is 0.191 e. The number of hydrogen-bond acceptors (Lipinski definition) is 4. The Morgan fingerprint density at radius 3 is 1.96 bits per heavy atom. The molecule has 0 unspecified atom stereocenters. The van der Waals surface area contributed by atoms with E-state index in [0.717, 1.165) is 49.1 Å². The quantitative estimate of drug-likeness (QED) is 0.638. The number of piperidine rings is 1. The molecule has 0 bridgehead atoms. The number of anilines is 1. The third kappa shape index (κ3) is 4.24. The average molecular weight is 332 g/mol. The zero-order chi connectivity index (χ0) is 16.9. The van der Waals surface area contributed by atoms with E-state index in [-0.39, 0.29) is 0 Å². The van der Waals surface area contributed by atoms with Gasteiger partial charge in [-0.2, -0.15) is 0 Å². The van der Waals surface area contributed by atoms with Crippen LogP contribution in [0, 0.1) is 0 Å². The first-order valence-electron chi connectivity index (χ1n) is 8.69. The van der Waals surface area contributed by atoms with E-state index in [2.05, 4.69) is 32.7 Å². The third-order valence-corrected chi connectivity index (χ3v) is 4.68. The molecular weight excluding hydrogens is 304 g/mol. The number of methoxy groups -OCH3 is 2. The summed E-state index contributed by atoms with van der Waals surface area (Å²) in [4.78, 5) is 6.72. The number of nitrogens with zero attached hydrogens (tertiary/aromatic N) is 2. The lowest BCUT2D eigenvalue weighted by Gasteiger charge is -2.34. The molecule has 0 aromatic heterocycles. The number of benzene rings is 1. The maximum atomic E-state index is 5.38. The van der Waals surface area contributed by atoms with E-state index in [9.17, 15) is 0 Å². The minimum atomic E-state index is 0.471. The molecule has 132 valence electrons. The standard InChI is InChI=1S/C18H28N4O2/c1-19-18(20-13-4-5-13)21-14-6-8-22(9-7-14)15-10-16(23-2)12-17(11-15)24-3/h10-14H,4-9H2,1-3H3,(H2,19,20,21). The molecular formula is C18H28N4O2. The van der Waals surface area contributed by atoms with Crippen molar-refractivity contribution in [2.24, 2.45) is 4.99 Å². The molecule has 1 aliphatic carbocycles. The molecule has 0 amide bonds. The highest BCUT2D eigenvalue weighted by Gasteiger charge is 2.25. The third-order valence-electron chi connectivity index (χ3n) is 4.68. The summed E-state index contributed by atoms with van der Waals surface area (Å²) in [6, 6.07) is 7.15. The van der Waals surface area contributed by atoms with Gasteiger partial charge in [-0.05, 0) is 25.7 Å². The van der Waals surface area contributed by atoms with Gasteiger partial charge in [0.25, 0.3) is 0 Å². The second-order valence-electron chi connectivity index (χ2n) is 6.47. The molecule has 2 N–H and O–H groups in total. The fourth-order valence-electron chi connectivity index (χ4n) is 3.04. The first-order chi connectivity index (χ1) is 11.7. The van der Waals surface area contributed by atoms with Crippen molar-refractivity contribution < 1.29 is 9.47 Å². The zero-order valence-electron chi connectivity index (χ0n) is 14.8. The van der Waals surface area contributed by atoms with Crippen LogP contribution in [0.5, 0.6) is 11.5 Å². The van der Waals surface area contributed by atoms with Crippen molar-refractivity contribution in [3.05, 3.63) is 18.2 Å². The van der Waals surface area contributed by atoms with Crippen LogP contribution in [0.25, 0.3) is 0 Å². The molecule has 6 heteroatoms. The summed E-state index contributed by atoms with van der Waals surface area (Å²) in [6.45, 7) is 2.02. The number of hydrogen-bond donors (Lipinski definition) is 2. The van der Waals surface area contributed by atoms with Gasteiger partial charge in [0, 0.05) is 56.1 Å². The van der Waals surface area contributed by atoms with Gasteiger partial charge in [0.1, 0.15) is 11.5 Å². The summed E-state index contributed by atoms with van der Waals surface area (Å²) in [7, 11) is 5.22. The first kappa shape index (κ1) is 16.7. The molecule has 0 atom stereocenters. The Kier molecular flexibility index (Phi) is 5.33. The van der Waals surface area contributed by atoms with Crippen LogP contribution in [-0.4, -0.2) is 52.4 Å². The van der Waals surface area contributed by atoms with Crippen molar-refractivity contribution in [3.8, 4) is 11.5 Å². The molecule has 0 spiro atoms. The van der Waals surface area contributed by atoms with Gasteiger partial charge in [-0.1, -0.05) is 0 Å². The monoisotopic (exact) mass is 332 g/mol. The van der Waals surface area contributed by atoms with Crippen molar-refractivity contribution in [1.82, 2.24) is 10.6 Å². The summed E-state index contributed by atoms with van der Waals surface area (Å²) in [5.74, 6) is 2.61. The Balaban J connectivity index is 1.56. The van der Waals surface area contributed by atoms with E-state index in [1.54, 1.807) is 14.2 Å². The SMILES string of the molecule is CN=C(NC1CC1)NC1CCN(c2cc(OC)cc(OC)c2)CC1. The van der Waals surface area contributed by atoms with Crippen LogP contribution in [-0.2, 0) is 0 Å². The normalized spacial score (nSPS) is 19.1. The first-order valence-corrected chi connectivity index (χ1v) is 8.69. The molecule has 1 aliphatic heterocycles. The van der Waals surface area contributed by atoms with E-state index in [4.69, 9.17) is 9.47 Å². The van der Waals surface area contributed by atoms with Crippen LogP contribution >= 0.6 is 0 Å². The van der Waals surface area contributed by atoms with Gasteiger partial charge in [0.15, 0.2) is 5.96 Å². The summed E-state index contributed by atoms with van der Waals surface area (Å²) in [5, 5.41) is 7.01. The number of ether oxygens (including phenoxy) is 2. The summed E-state index contributed by atoms with van der Waals surface area (Å²) < 4.78 is 10.8. The van der Waals surface area contributed by atoms with E-state index < -0.39 is 0 Å². The van der Waals surface area contributed by atoms with Crippen LogP contribution in [0.15, 0.2) is 23.2 Å². The lowest BCUT2D eigenvalue weighted by atomic mass is 10.0. The van der Waals surface area contributed by atoms with Gasteiger partial charge in [-0.3, -0.25) is 4.99 Å². The highest BCUT2D eigenvalue weighted by molar-refractivity contribution is 5.80. The highest BCUT2D eigenvalue weighted by Crippen LogP contribution is 2.30. The van der Waals surface area contributed by atoms with Crippen molar-refractivity contribution in [2.45, 2.75) is 37.8 Å². The minimum absolute atomic E-state index is 0.471. The molecule has 24 heavy (non-hydrogen) atoms. The molecule has 1 aromatic rings. The highest BCUT2D eigenvalue weighted by atomic mass is 16.5. The smallest absolute Gasteiger partial charge is 0.191 e. The van der Waals surface area contributed by atoms with Gasteiger partial charge in [0.05, 0.1) is 14.2 Å². The number of guanidine groups is 1. The van der Waals surface area contributed by atoms with Gasteiger partial charge < -0.3 is 25.0 Å². The van der Waals surface area contributed by atoms with Crippen LogP contribution in [0.3, 0.4) is 0 Å². The Labute approximate surface area is 144 Å². The van der Waals surface area contributed by atoms with E-state index >= 15 is 0 Å². The topological polar surface area (TPSA) is 58.1 Å². The molecule has 0 radical (unpaired) electrons. The van der Waals surface area contributed by atoms with E-state index in [0.29, 0.717) is 12.1 Å². The van der Waals surface area contributed by atoms with Gasteiger partial charge in [0.2, 0.25) is 0 Å². The largest absolute Gasteiger partial charge is 0.497 e. The zero-order valence-corrected chi connectivity index (χ0v) is 14.8. The van der Waals surface area contributed by atoms with Gasteiger partial charge in [-0.15, -0.1) is 0 Å². The van der Waals surface area contributed by atoms with Crippen LogP contribution < -0.4 is 25.0 Å². The summed E-state index contributed by atoms with van der Waals surface area (Å²) in [5.41, 5.74) is 1.16. The minimum Gasteiger partial charge on any atom is -0.497 e. The second kappa shape index (κ2) is 7.64. The lowest BCUT2D eigenvalue weighted by Crippen LogP contribution is -2.49.